The molecule has 2 fully saturated rings. The van der Waals surface area contributed by atoms with Gasteiger partial charge in [-0.25, -0.2) is 4.79 Å². The van der Waals surface area contributed by atoms with Crippen molar-refractivity contribution in [1.82, 2.24) is 10.2 Å². The van der Waals surface area contributed by atoms with Crippen LogP contribution in [0.25, 0.3) is 0 Å². The van der Waals surface area contributed by atoms with E-state index in [9.17, 15) is 10.1 Å². The summed E-state index contributed by atoms with van der Waals surface area (Å²) in [6, 6.07) is 23.6. The molecule has 0 radical (unpaired) electrons. The Labute approximate surface area is 191 Å². The van der Waals surface area contributed by atoms with Crippen molar-refractivity contribution in [1.29, 1.82) is 5.26 Å². The van der Waals surface area contributed by atoms with Crippen LogP contribution >= 0.6 is 0 Å². The van der Waals surface area contributed by atoms with Crippen LogP contribution in [-0.4, -0.2) is 37.2 Å². The van der Waals surface area contributed by atoms with Crippen LogP contribution in [-0.2, 0) is 16.7 Å². The molecule has 1 aliphatic carbocycles. The van der Waals surface area contributed by atoms with E-state index in [-0.39, 0.29) is 17.9 Å². The number of hydrogen-bond donors (Lipinski definition) is 1. The molecule has 168 valence electrons. The fraction of sp³-hybridized carbons (Fsp3) is 0.481. The van der Waals surface area contributed by atoms with Crippen LogP contribution in [0.5, 0.6) is 0 Å². The van der Waals surface area contributed by atoms with Gasteiger partial charge in [0.15, 0.2) is 0 Å². The van der Waals surface area contributed by atoms with Gasteiger partial charge in [0, 0.05) is 18.5 Å². The van der Waals surface area contributed by atoms with E-state index in [0.717, 1.165) is 57.3 Å². The Morgan fingerprint density at radius 1 is 1.06 bits per heavy atom. The van der Waals surface area contributed by atoms with Crippen LogP contribution in [0.4, 0.5) is 4.79 Å². The highest BCUT2D eigenvalue weighted by atomic mass is 16.5. The molecule has 1 amide bonds. The Hall–Kier alpha value is -2.84. The van der Waals surface area contributed by atoms with E-state index in [1.165, 1.54) is 12.7 Å². The van der Waals surface area contributed by atoms with Crippen molar-refractivity contribution >= 4 is 6.09 Å². The van der Waals surface area contributed by atoms with E-state index in [1.807, 2.05) is 18.2 Å². The summed E-state index contributed by atoms with van der Waals surface area (Å²) < 4.78 is 4.89. The molecule has 0 bridgehead atoms. The first-order valence-corrected chi connectivity index (χ1v) is 11.7. The molecule has 2 aromatic rings. The molecule has 5 nitrogen and oxygen atoms in total. The first-order chi connectivity index (χ1) is 15.7. The second-order valence-corrected chi connectivity index (χ2v) is 9.16. The molecule has 4 rings (SSSR count). The Bertz CT molecular complexity index is 919. The van der Waals surface area contributed by atoms with Crippen molar-refractivity contribution in [3.05, 3.63) is 71.8 Å². The van der Waals surface area contributed by atoms with E-state index >= 15 is 0 Å². The zero-order valence-corrected chi connectivity index (χ0v) is 18.9. The van der Waals surface area contributed by atoms with Gasteiger partial charge in [-0.2, -0.15) is 5.26 Å². The lowest BCUT2D eigenvalue weighted by Gasteiger charge is -2.46. The predicted octanol–water partition coefficient (Wildman–Crippen LogP) is 4.88. The number of nitrogens with one attached hydrogen (secondary N) is 1. The zero-order chi connectivity index (χ0) is 22.4. The molecule has 2 aromatic carbocycles. The van der Waals surface area contributed by atoms with Crippen molar-refractivity contribution in [2.75, 3.05) is 20.2 Å². The van der Waals surface area contributed by atoms with Gasteiger partial charge in [0.05, 0.1) is 18.6 Å². The molecule has 2 aliphatic rings. The van der Waals surface area contributed by atoms with Gasteiger partial charge in [-0.1, -0.05) is 67.1 Å². The highest BCUT2D eigenvalue weighted by Gasteiger charge is 2.52. The quantitative estimate of drug-likeness (QED) is 0.708. The van der Waals surface area contributed by atoms with Gasteiger partial charge in [-0.15, -0.1) is 0 Å². The van der Waals surface area contributed by atoms with E-state index < -0.39 is 11.5 Å². The van der Waals surface area contributed by atoms with Gasteiger partial charge in [0.2, 0.25) is 0 Å². The van der Waals surface area contributed by atoms with Crippen LogP contribution in [0.2, 0.25) is 0 Å². The van der Waals surface area contributed by atoms with Gasteiger partial charge >= 0.3 is 6.09 Å². The second kappa shape index (κ2) is 10.2. The molecule has 0 spiro atoms. The number of rotatable bonds is 6. The number of alkyl carbamates (subject to hydrolysis) is 1. The standard InChI is InChI=1S/C27H33N3O2/c1-32-26(31)29-25-14-8-13-24(25)27(20-28,22-11-6-3-7-12-22)23-15-17-30(18-16-23)19-21-9-4-2-5-10-21/h2-7,9-12,23-25H,8,13-19H2,1H3,(H,29,31). The molecule has 1 saturated carbocycles. The minimum absolute atomic E-state index is 0.0374. The molecule has 32 heavy (non-hydrogen) atoms. The summed E-state index contributed by atoms with van der Waals surface area (Å²) in [7, 11) is 1.40. The molecule has 1 saturated heterocycles. The summed E-state index contributed by atoms with van der Waals surface area (Å²) in [6.07, 6.45) is 4.42. The average molecular weight is 432 g/mol. The summed E-state index contributed by atoms with van der Waals surface area (Å²) in [4.78, 5) is 14.5. The molecular weight excluding hydrogens is 398 g/mol. The van der Waals surface area contributed by atoms with E-state index in [1.54, 1.807) is 0 Å². The Morgan fingerprint density at radius 3 is 2.34 bits per heavy atom. The Morgan fingerprint density at radius 2 is 1.72 bits per heavy atom. The van der Waals surface area contributed by atoms with Gasteiger partial charge < -0.3 is 10.1 Å². The summed E-state index contributed by atoms with van der Waals surface area (Å²) in [6.45, 7) is 2.92. The highest BCUT2D eigenvalue weighted by Crippen LogP contribution is 2.50. The second-order valence-electron chi connectivity index (χ2n) is 9.16. The normalized spacial score (nSPS) is 23.8. The van der Waals surface area contributed by atoms with Crippen LogP contribution in [0.15, 0.2) is 60.7 Å². The number of piperidine rings is 1. The molecule has 1 aliphatic heterocycles. The molecule has 1 N–H and O–H groups in total. The monoisotopic (exact) mass is 431 g/mol. The number of hydrogen-bond acceptors (Lipinski definition) is 4. The molecule has 1 heterocycles. The summed E-state index contributed by atoms with van der Waals surface area (Å²) in [5, 5.41) is 13.8. The fourth-order valence-corrected chi connectivity index (χ4v) is 5.98. The van der Waals surface area contributed by atoms with Crippen LogP contribution in [0, 0.1) is 23.2 Å². The maximum atomic E-state index is 12.0. The lowest BCUT2D eigenvalue weighted by molar-refractivity contribution is 0.103. The number of carbonyl (C=O) groups excluding carboxylic acids is 1. The number of nitrogens with zero attached hydrogens (tertiary/aromatic N) is 2. The molecular formula is C27H33N3O2. The van der Waals surface area contributed by atoms with Crippen molar-refractivity contribution in [3.63, 3.8) is 0 Å². The Kier molecular flexibility index (Phi) is 7.12. The fourth-order valence-electron chi connectivity index (χ4n) is 5.98. The van der Waals surface area contributed by atoms with E-state index in [4.69, 9.17) is 4.74 Å². The Balaban J connectivity index is 1.58. The highest BCUT2D eigenvalue weighted by molar-refractivity contribution is 5.67. The maximum Gasteiger partial charge on any atom is 0.407 e. The minimum atomic E-state index is -0.609. The number of carbonyl (C=O) groups is 1. The number of likely N-dealkylation sites (tertiary alicyclic amines) is 1. The summed E-state index contributed by atoms with van der Waals surface area (Å²) in [5.41, 5.74) is 1.81. The number of amides is 1. The zero-order valence-electron chi connectivity index (χ0n) is 18.9. The van der Waals surface area contributed by atoms with Crippen LogP contribution in [0.1, 0.15) is 43.2 Å². The van der Waals surface area contributed by atoms with Crippen molar-refractivity contribution in [2.45, 2.75) is 50.1 Å². The number of benzene rings is 2. The van der Waals surface area contributed by atoms with Crippen LogP contribution in [0.3, 0.4) is 0 Å². The molecule has 5 heteroatoms. The van der Waals surface area contributed by atoms with Gasteiger partial charge in [-0.3, -0.25) is 4.90 Å². The van der Waals surface area contributed by atoms with Crippen LogP contribution < -0.4 is 5.32 Å². The van der Waals surface area contributed by atoms with E-state index in [0.29, 0.717) is 0 Å². The predicted molar refractivity (Wildman–Crippen MR) is 125 cm³/mol. The number of ether oxygens (including phenoxy) is 1. The first-order valence-electron chi connectivity index (χ1n) is 11.7. The SMILES string of the molecule is COC(=O)NC1CCCC1C(C#N)(c1ccccc1)C1CCN(Cc2ccccc2)CC1. The third-order valence-electron chi connectivity index (χ3n) is 7.51. The van der Waals surface area contributed by atoms with Gasteiger partial charge in [0.1, 0.15) is 0 Å². The third kappa shape index (κ3) is 4.52. The van der Waals surface area contributed by atoms with Gasteiger partial charge in [0.25, 0.3) is 0 Å². The first kappa shape index (κ1) is 22.4. The number of nitriles is 1. The molecule has 3 unspecified atom stereocenters. The lowest BCUT2D eigenvalue weighted by atomic mass is 9.59. The topological polar surface area (TPSA) is 65.4 Å². The third-order valence-corrected chi connectivity index (χ3v) is 7.51. The maximum absolute atomic E-state index is 12.0. The summed E-state index contributed by atoms with van der Waals surface area (Å²) >= 11 is 0. The smallest absolute Gasteiger partial charge is 0.407 e. The summed E-state index contributed by atoms with van der Waals surface area (Å²) in [5.74, 6) is 0.339. The van der Waals surface area contributed by atoms with Crippen molar-refractivity contribution < 1.29 is 9.53 Å². The van der Waals surface area contributed by atoms with Crippen molar-refractivity contribution in [3.8, 4) is 6.07 Å². The molecule has 0 aromatic heterocycles. The van der Waals surface area contributed by atoms with Gasteiger partial charge in [-0.05, 0) is 55.8 Å². The number of methoxy groups -OCH3 is 1. The van der Waals surface area contributed by atoms with E-state index in [2.05, 4.69) is 58.8 Å². The largest absolute Gasteiger partial charge is 0.453 e. The average Bonchev–Trinajstić information content (AvgIpc) is 3.30. The minimum Gasteiger partial charge on any atom is -0.453 e. The molecule has 3 atom stereocenters. The van der Waals surface area contributed by atoms with Crippen molar-refractivity contribution in [2.24, 2.45) is 11.8 Å². The lowest BCUT2D eigenvalue weighted by Crippen LogP contribution is -2.52.